The molecule has 2 aromatic rings. The molecular formula is C30H35F4N5O5. The standard InChI is InChI=1S/C30H35F4N5O5/c1-16(2)12-23(25(35)41)37-27(42)36-21-8-9-22-19(13-21)10-11-29(22)26-39(28(43-26)44-29)15-24(40)38(17(3)30(32,33)34)14-18-4-6-20(31)7-5-18/h4-9,13,16-17,23,26,28H,10-12,14-15H2,1-3H3,(H2,35,41)(H2,36,37,42)/t17-,23-,26?,28?,29+/m0/s1. The topological polar surface area (TPSA) is 126 Å². The number of carbonyl (C=O) groups is 3. The van der Waals surface area contributed by atoms with Gasteiger partial charge in [-0.05, 0) is 73.1 Å². The molecule has 44 heavy (non-hydrogen) atoms. The van der Waals surface area contributed by atoms with Gasteiger partial charge in [0.05, 0.1) is 6.54 Å². The van der Waals surface area contributed by atoms with Crippen molar-refractivity contribution < 1.29 is 41.4 Å². The number of fused-ring (bicyclic) bond motifs is 1. The highest BCUT2D eigenvalue weighted by Gasteiger charge is 2.66. The molecule has 1 spiro atoms. The number of amides is 4. The predicted octanol–water partition coefficient (Wildman–Crippen LogP) is 3.94. The Bertz CT molecular complexity index is 1420. The number of nitrogens with zero attached hydrogens (tertiary/aromatic N) is 2. The van der Waals surface area contributed by atoms with Gasteiger partial charge in [0.15, 0.2) is 6.23 Å². The second-order valence-corrected chi connectivity index (χ2v) is 11.9. The first kappa shape index (κ1) is 31.7. The van der Waals surface area contributed by atoms with E-state index in [-0.39, 0.29) is 19.0 Å². The molecule has 2 bridgehead atoms. The van der Waals surface area contributed by atoms with E-state index in [1.165, 1.54) is 12.1 Å². The van der Waals surface area contributed by atoms with E-state index in [9.17, 15) is 31.9 Å². The van der Waals surface area contributed by atoms with Gasteiger partial charge in [-0.1, -0.05) is 32.0 Å². The number of aryl methyl sites for hydroxylation is 1. The summed E-state index contributed by atoms with van der Waals surface area (Å²) in [6.07, 6.45) is -4.80. The monoisotopic (exact) mass is 621 g/mol. The van der Waals surface area contributed by atoms with Crippen molar-refractivity contribution in [2.75, 3.05) is 11.9 Å². The normalized spacial score (nSPS) is 23.6. The number of ether oxygens (including phenoxy) is 2. The Hall–Kier alpha value is -3.75. The lowest BCUT2D eigenvalue weighted by atomic mass is 9.93. The molecular weight excluding hydrogens is 586 g/mol. The Balaban J connectivity index is 1.27. The lowest BCUT2D eigenvalue weighted by Gasteiger charge is -2.41. The van der Waals surface area contributed by atoms with Crippen LogP contribution in [0.3, 0.4) is 0 Å². The van der Waals surface area contributed by atoms with Crippen LogP contribution in [-0.2, 0) is 37.6 Å². The van der Waals surface area contributed by atoms with Crippen molar-refractivity contribution in [1.82, 2.24) is 15.1 Å². The molecule has 0 radical (unpaired) electrons. The summed E-state index contributed by atoms with van der Waals surface area (Å²) in [5.74, 6) is -1.79. The van der Waals surface area contributed by atoms with Crippen molar-refractivity contribution in [2.24, 2.45) is 11.7 Å². The number of primary amides is 1. The number of hydrogen-bond donors (Lipinski definition) is 3. The largest absolute Gasteiger partial charge is 0.408 e. The number of urea groups is 1. The smallest absolute Gasteiger partial charge is 0.368 e. The van der Waals surface area contributed by atoms with Gasteiger partial charge >= 0.3 is 12.2 Å². The van der Waals surface area contributed by atoms with Crippen LogP contribution in [0.5, 0.6) is 0 Å². The summed E-state index contributed by atoms with van der Waals surface area (Å²) in [6.45, 7) is 4.02. The molecule has 3 heterocycles. The zero-order valence-corrected chi connectivity index (χ0v) is 24.5. The first-order valence-electron chi connectivity index (χ1n) is 14.4. The van der Waals surface area contributed by atoms with Crippen LogP contribution in [0, 0.1) is 11.7 Å². The van der Waals surface area contributed by atoms with Crippen LogP contribution < -0.4 is 16.4 Å². The summed E-state index contributed by atoms with van der Waals surface area (Å²) < 4.78 is 66.6. The third kappa shape index (κ3) is 6.24. The molecule has 3 fully saturated rings. The predicted molar refractivity (Wildman–Crippen MR) is 150 cm³/mol. The van der Waals surface area contributed by atoms with E-state index in [0.717, 1.165) is 35.1 Å². The molecule has 2 aromatic carbocycles. The maximum Gasteiger partial charge on any atom is 0.408 e. The molecule has 6 rings (SSSR count). The highest BCUT2D eigenvalue weighted by molar-refractivity contribution is 5.93. The SMILES string of the molecule is CC(C)C[C@H](NC(=O)Nc1ccc2c(c1)CC[C@@]21OC2OC1N2CC(=O)N(Cc1ccc(F)cc1)[C@@H](C)C(F)(F)F)C(N)=O. The fourth-order valence-electron chi connectivity index (χ4n) is 6.00. The Kier molecular flexibility index (Phi) is 8.62. The summed E-state index contributed by atoms with van der Waals surface area (Å²) in [5.41, 5.74) is 7.02. The van der Waals surface area contributed by atoms with E-state index in [4.69, 9.17) is 15.2 Å². The van der Waals surface area contributed by atoms with Crippen molar-refractivity contribution >= 4 is 23.5 Å². The molecule has 10 nitrogen and oxygen atoms in total. The molecule has 0 saturated carbocycles. The second-order valence-electron chi connectivity index (χ2n) is 11.9. The van der Waals surface area contributed by atoms with E-state index in [1.807, 2.05) is 13.8 Å². The van der Waals surface area contributed by atoms with E-state index in [1.54, 1.807) is 23.1 Å². The van der Waals surface area contributed by atoms with Gasteiger partial charge in [-0.15, -0.1) is 0 Å². The lowest BCUT2D eigenvalue weighted by Crippen LogP contribution is -2.59. The average molecular weight is 622 g/mol. The Morgan fingerprint density at radius 2 is 1.84 bits per heavy atom. The Morgan fingerprint density at radius 3 is 2.48 bits per heavy atom. The summed E-state index contributed by atoms with van der Waals surface area (Å²) in [5, 5.41) is 5.32. The summed E-state index contributed by atoms with van der Waals surface area (Å²) in [6, 6.07) is 6.74. The highest BCUT2D eigenvalue weighted by atomic mass is 19.4. The van der Waals surface area contributed by atoms with Crippen LogP contribution in [0.2, 0.25) is 0 Å². The third-order valence-corrected chi connectivity index (χ3v) is 8.31. The number of anilines is 1. The van der Waals surface area contributed by atoms with Gasteiger partial charge < -0.3 is 30.7 Å². The van der Waals surface area contributed by atoms with Crippen LogP contribution >= 0.6 is 0 Å². The molecule has 238 valence electrons. The van der Waals surface area contributed by atoms with Crippen molar-refractivity contribution in [3.8, 4) is 0 Å². The Morgan fingerprint density at radius 1 is 1.14 bits per heavy atom. The van der Waals surface area contributed by atoms with E-state index >= 15 is 0 Å². The third-order valence-electron chi connectivity index (χ3n) is 8.31. The van der Waals surface area contributed by atoms with Crippen LogP contribution in [0.25, 0.3) is 0 Å². The zero-order valence-electron chi connectivity index (χ0n) is 24.5. The second kappa shape index (κ2) is 12.0. The number of alkyl halides is 3. The maximum atomic E-state index is 13.7. The summed E-state index contributed by atoms with van der Waals surface area (Å²) in [7, 11) is 0. The number of hydrogen-bond acceptors (Lipinski definition) is 6. The Labute approximate surface area is 251 Å². The van der Waals surface area contributed by atoms with Crippen molar-refractivity contribution in [2.45, 2.75) is 83.1 Å². The van der Waals surface area contributed by atoms with E-state index in [2.05, 4.69) is 10.6 Å². The number of halogens is 4. The van der Waals surface area contributed by atoms with Crippen molar-refractivity contribution in [3.63, 3.8) is 0 Å². The minimum absolute atomic E-state index is 0.143. The number of nitrogens with two attached hydrogens (primary N) is 1. The molecule has 4 amide bonds. The zero-order chi connectivity index (χ0) is 32.0. The molecule has 3 saturated heterocycles. The molecule has 1 aliphatic carbocycles. The van der Waals surface area contributed by atoms with Crippen molar-refractivity contribution in [3.05, 3.63) is 65.0 Å². The number of carbonyl (C=O) groups excluding carboxylic acids is 3. The minimum atomic E-state index is -4.67. The van der Waals surface area contributed by atoms with Gasteiger partial charge in [0.2, 0.25) is 18.2 Å². The van der Waals surface area contributed by atoms with Gasteiger partial charge in [-0.25, -0.2) is 14.1 Å². The van der Waals surface area contributed by atoms with Crippen LogP contribution in [-0.4, -0.2) is 65.1 Å². The van der Waals surface area contributed by atoms with Crippen molar-refractivity contribution in [1.29, 1.82) is 0 Å². The van der Waals surface area contributed by atoms with Gasteiger partial charge in [0.1, 0.15) is 23.5 Å². The summed E-state index contributed by atoms with van der Waals surface area (Å²) in [4.78, 5) is 39.9. The first-order valence-corrected chi connectivity index (χ1v) is 14.4. The van der Waals surface area contributed by atoms with E-state index < -0.39 is 60.2 Å². The van der Waals surface area contributed by atoms with Crippen LogP contribution in [0.4, 0.5) is 28.0 Å². The highest BCUT2D eigenvalue weighted by Crippen LogP contribution is 2.56. The molecule has 5 atom stereocenters. The van der Waals surface area contributed by atoms with Crippen LogP contribution in [0.1, 0.15) is 50.3 Å². The molecule has 0 aromatic heterocycles. The fourth-order valence-corrected chi connectivity index (χ4v) is 6.00. The molecule has 2 unspecified atom stereocenters. The molecule has 14 heteroatoms. The average Bonchev–Trinajstić information content (AvgIpc) is 3.60. The van der Waals surface area contributed by atoms with E-state index in [0.29, 0.717) is 30.5 Å². The minimum Gasteiger partial charge on any atom is -0.368 e. The van der Waals surface area contributed by atoms with Gasteiger partial charge in [0.25, 0.3) is 0 Å². The summed E-state index contributed by atoms with van der Waals surface area (Å²) >= 11 is 0. The molecule has 4 aliphatic rings. The number of benzene rings is 2. The van der Waals surface area contributed by atoms with Gasteiger partial charge in [-0.3, -0.25) is 9.59 Å². The van der Waals surface area contributed by atoms with Gasteiger partial charge in [-0.2, -0.15) is 13.2 Å². The van der Waals surface area contributed by atoms with Crippen LogP contribution in [0.15, 0.2) is 42.5 Å². The molecule has 3 aliphatic heterocycles. The molecule has 4 N–H and O–H groups in total. The quantitative estimate of drug-likeness (QED) is 0.345. The fraction of sp³-hybridized carbons (Fsp3) is 0.500. The maximum absolute atomic E-state index is 13.7. The number of nitrogens with one attached hydrogen (secondary N) is 2. The lowest BCUT2D eigenvalue weighted by molar-refractivity contribution is -0.285. The van der Waals surface area contributed by atoms with Gasteiger partial charge in [0, 0.05) is 12.2 Å². The first-order chi connectivity index (χ1) is 20.7. The number of rotatable bonds is 10.